The van der Waals surface area contributed by atoms with E-state index in [9.17, 15) is 27.9 Å². The summed E-state index contributed by atoms with van der Waals surface area (Å²) in [6.45, 7) is 0.822. The highest BCUT2D eigenvalue weighted by atomic mass is 19.4. The van der Waals surface area contributed by atoms with Crippen molar-refractivity contribution in [2.24, 2.45) is 11.8 Å². The lowest BCUT2D eigenvalue weighted by Gasteiger charge is -2.32. The third-order valence-corrected chi connectivity index (χ3v) is 3.70. The van der Waals surface area contributed by atoms with Gasteiger partial charge in [-0.2, -0.15) is 13.2 Å². The zero-order valence-electron chi connectivity index (χ0n) is 11.7. The lowest BCUT2D eigenvalue weighted by molar-refractivity contribution is -0.198. The molecule has 1 aliphatic rings. The van der Waals surface area contributed by atoms with Gasteiger partial charge in [0.1, 0.15) is 0 Å². The van der Waals surface area contributed by atoms with Crippen LogP contribution in [-0.2, 0) is 9.59 Å². The summed E-state index contributed by atoms with van der Waals surface area (Å²) in [7, 11) is 0. The summed E-state index contributed by atoms with van der Waals surface area (Å²) >= 11 is 0. The second-order valence-electron chi connectivity index (χ2n) is 5.82. The van der Waals surface area contributed by atoms with Crippen LogP contribution in [0.3, 0.4) is 0 Å². The second-order valence-corrected chi connectivity index (χ2v) is 5.82. The van der Waals surface area contributed by atoms with E-state index in [1.807, 2.05) is 0 Å². The van der Waals surface area contributed by atoms with Crippen LogP contribution >= 0.6 is 0 Å². The molecule has 1 amide bonds. The van der Waals surface area contributed by atoms with E-state index in [-0.39, 0.29) is 19.4 Å². The fourth-order valence-electron chi connectivity index (χ4n) is 2.63. The molecule has 3 unspecified atom stereocenters. The molecule has 122 valence electrons. The Hall–Kier alpha value is -1.31. The van der Waals surface area contributed by atoms with Crippen LogP contribution < -0.4 is 5.32 Å². The maximum Gasteiger partial charge on any atom is 0.392 e. The molecule has 1 aliphatic carbocycles. The average molecular weight is 311 g/mol. The van der Waals surface area contributed by atoms with Gasteiger partial charge in [-0.05, 0) is 19.8 Å². The molecule has 0 aromatic rings. The van der Waals surface area contributed by atoms with E-state index in [4.69, 9.17) is 5.11 Å². The molecule has 0 aromatic carbocycles. The Kier molecular flexibility index (Phi) is 5.61. The highest BCUT2D eigenvalue weighted by molar-refractivity contribution is 5.79. The number of halogens is 3. The first-order chi connectivity index (χ1) is 9.53. The number of aliphatic carboxylic acids is 1. The highest BCUT2D eigenvalue weighted by Gasteiger charge is 2.48. The van der Waals surface area contributed by atoms with Crippen LogP contribution in [0.25, 0.3) is 0 Å². The topological polar surface area (TPSA) is 86.6 Å². The second kappa shape index (κ2) is 6.64. The van der Waals surface area contributed by atoms with Crippen molar-refractivity contribution in [2.75, 3.05) is 6.54 Å². The van der Waals surface area contributed by atoms with E-state index in [1.165, 1.54) is 6.92 Å². The zero-order valence-corrected chi connectivity index (χ0v) is 11.7. The summed E-state index contributed by atoms with van der Waals surface area (Å²) in [5.74, 6) is -4.86. The van der Waals surface area contributed by atoms with E-state index in [0.717, 1.165) is 0 Å². The number of amides is 1. The first-order valence-corrected chi connectivity index (χ1v) is 6.81. The van der Waals surface area contributed by atoms with Crippen molar-refractivity contribution in [2.45, 2.75) is 50.8 Å². The predicted octanol–water partition coefficient (Wildman–Crippen LogP) is 1.70. The van der Waals surface area contributed by atoms with Gasteiger partial charge in [-0.3, -0.25) is 9.59 Å². The number of hydrogen-bond donors (Lipinski definition) is 3. The van der Waals surface area contributed by atoms with Gasteiger partial charge < -0.3 is 15.5 Å². The van der Waals surface area contributed by atoms with Crippen LogP contribution in [-0.4, -0.2) is 40.4 Å². The van der Waals surface area contributed by atoms with Gasteiger partial charge >= 0.3 is 12.1 Å². The van der Waals surface area contributed by atoms with Gasteiger partial charge in [-0.15, -0.1) is 0 Å². The molecule has 1 fully saturated rings. The smallest absolute Gasteiger partial charge is 0.392 e. The molecule has 0 saturated heterocycles. The van der Waals surface area contributed by atoms with Crippen molar-refractivity contribution >= 4 is 11.9 Å². The molecule has 0 spiro atoms. The number of aliphatic hydroxyl groups is 1. The van der Waals surface area contributed by atoms with Crippen molar-refractivity contribution in [1.82, 2.24) is 5.32 Å². The maximum absolute atomic E-state index is 12.9. The van der Waals surface area contributed by atoms with Gasteiger partial charge in [0.15, 0.2) is 0 Å². The molecule has 3 N–H and O–H groups in total. The van der Waals surface area contributed by atoms with E-state index in [2.05, 4.69) is 5.32 Å². The Balaban J connectivity index is 2.63. The maximum atomic E-state index is 12.9. The van der Waals surface area contributed by atoms with Gasteiger partial charge in [0.2, 0.25) is 5.91 Å². The quantitative estimate of drug-likeness (QED) is 0.721. The van der Waals surface area contributed by atoms with Crippen LogP contribution in [0.4, 0.5) is 13.2 Å². The van der Waals surface area contributed by atoms with E-state index in [0.29, 0.717) is 12.8 Å². The molecule has 21 heavy (non-hydrogen) atoms. The minimum absolute atomic E-state index is 0.0763. The third kappa shape index (κ3) is 5.53. The first kappa shape index (κ1) is 17.7. The summed E-state index contributed by atoms with van der Waals surface area (Å²) in [4.78, 5) is 22.4. The van der Waals surface area contributed by atoms with Crippen LogP contribution in [0, 0.1) is 11.8 Å². The summed E-state index contributed by atoms with van der Waals surface area (Å²) < 4.78 is 38.7. The van der Waals surface area contributed by atoms with Gasteiger partial charge in [0.05, 0.1) is 17.9 Å². The number of rotatable bonds is 5. The number of carboxylic acids is 1. The molecule has 0 heterocycles. The Bertz CT molecular complexity index is 395. The number of carbonyl (C=O) groups excluding carboxylic acids is 1. The molecular weight excluding hydrogens is 291 g/mol. The highest BCUT2D eigenvalue weighted by Crippen LogP contribution is 2.41. The van der Waals surface area contributed by atoms with Crippen LogP contribution in [0.2, 0.25) is 0 Å². The fourth-order valence-corrected chi connectivity index (χ4v) is 2.63. The molecule has 0 aliphatic heterocycles. The van der Waals surface area contributed by atoms with E-state index < -0.39 is 41.9 Å². The van der Waals surface area contributed by atoms with Gasteiger partial charge in [-0.25, -0.2) is 0 Å². The van der Waals surface area contributed by atoms with Gasteiger partial charge in [-0.1, -0.05) is 12.8 Å². The predicted molar refractivity (Wildman–Crippen MR) is 67.4 cm³/mol. The SMILES string of the molecule is CC(O)(CNC(=O)C1CCCCC1C(F)(F)F)CC(=O)O. The summed E-state index contributed by atoms with van der Waals surface area (Å²) in [5.41, 5.74) is -1.69. The van der Waals surface area contributed by atoms with Crippen LogP contribution in [0.1, 0.15) is 39.0 Å². The lowest BCUT2D eigenvalue weighted by Crippen LogP contribution is -2.47. The van der Waals surface area contributed by atoms with Crippen LogP contribution in [0.15, 0.2) is 0 Å². The Morgan fingerprint density at radius 1 is 1.24 bits per heavy atom. The largest absolute Gasteiger partial charge is 0.481 e. The monoisotopic (exact) mass is 311 g/mol. The Morgan fingerprint density at radius 2 is 1.81 bits per heavy atom. The molecule has 0 aromatic heterocycles. The van der Waals surface area contributed by atoms with Crippen molar-refractivity contribution in [3.8, 4) is 0 Å². The first-order valence-electron chi connectivity index (χ1n) is 6.81. The minimum atomic E-state index is -4.42. The minimum Gasteiger partial charge on any atom is -0.481 e. The molecular formula is C13H20F3NO4. The van der Waals surface area contributed by atoms with Gasteiger partial charge in [0, 0.05) is 12.5 Å². The van der Waals surface area contributed by atoms with Crippen molar-refractivity contribution < 1.29 is 33.0 Å². The third-order valence-electron chi connectivity index (χ3n) is 3.70. The number of alkyl halides is 3. The van der Waals surface area contributed by atoms with Crippen molar-refractivity contribution in [3.63, 3.8) is 0 Å². The Labute approximate surface area is 120 Å². The van der Waals surface area contributed by atoms with Crippen molar-refractivity contribution in [1.29, 1.82) is 0 Å². The summed E-state index contributed by atoms with van der Waals surface area (Å²) in [6.07, 6.45) is -3.96. The molecule has 0 radical (unpaired) electrons. The average Bonchev–Trinajstić information content (AvgIpc) is 2.33. The molecule has 1 rings (SSSR count). The summed E-state index contributed by atoms with van der Waals surface area (Å²) in [6, 6.07) is 0. The number of nitrogens with one attached hydrogen (secondary N) is 1. The van der Waals surface area contributed by atoms with Gasteiger partial charge in [0.25, 0.3) is 0 Å². The zero-order chi connectivity index (χ0) is 16.3. The standard InChI is InChI=1S/C13H20F3NO4/c1-12(21,6-10(18)19)7-17-11(20)8-4-2-3-5-9(8)13(14,15)16/h8-9,21H,2-7H2,1H3,(H,17,20)(H,18,19). The van der Waals surface area contributed by atoms with Crippen LogP contribution in [0.5, 0.6) is 0 Å². The Morgan fingerprint density at radius 3 is 2.33 bits per heavy atom. The summed E-state index contributed by atoms with van der Waals surface area (Å²) in [5, 5.41) is 20.6. The number of hydrogen-bond acceptors (Lipinski definition) is 3. The normalized spacial score (nSPS) is 26.0. The van der Waals surface area contributed by atoms with E-state index in [1.54, 1.807) is 0 Å². The molecule has 3 atom stereocenters. The van der Waals surface area contributed by atoms with E-state index >= 15 is 0 Å². The molecule has 8 heteroatoms. The molecule has 0 bridgehead atoms. The number of carboxylic acid groups (broad SMARTS) is 1. The van der Waals surface area contributed by atoms with Crippen molar-refractivity contribution in [3.05, 3.63) is 0 Å². The number of carbonyl (C=O) groups is 2. The lowest BCUT2D eigenvalue weighted by atomic mass is 9.78. The molecule has 5 nitrogen and oxygen atoms in total. The fraction of sp³-hybridized carbons (Fsp3) is 0.846. The molecule has 1 saturated carbocycles.